The fourth-order valence-corrected chi connectivity index (χ4v) is 6.13. The number of carboxylic acids is 1. The molecule has 2 heterocycles. The number of halogens is 4. The van der Waals surface area contributed by atoms with Gasteiger partial charge in [-0.05, 0) is 68.1 Å². The number of hydrogen-bond acceptors (Lipinski definition) is 5. The maximum Gasteiger partial charge on any atom is 0.308 e. The van der Waals surface area contributed by atoms with E-state index < -0.39 is 29.7 Å². The first-order valence-electron chi connectivity index (χ1n) is 12.1. The monoisotopic (exact) mass is 552 g/mol. The Balaban J connectivity index is 1.36. The molecule has 1 aliphatic rings. The number of alkyl halides is 1. The first kappa shape index (κ1) is 27.5. The molecule has 0 aliphatic carbocycles. The second-order valence-corrected chi connectivity index (χ2v) is 10.7. The number of pyridine rings is 1. The summed E-state index contributed by atoms with van der Waals surface area (Å²) >= 11 is 7.54. The summed E-state index contributed by atoms with van der Waals surface area (Å²) in [4.78, 5) is 18.6. The second-order valence-electron chi connectivity index (χ2n) is 9.17. The van der Waals surface area contributed by atoms with Gasteiger partial charge in [0.05, 0.1) is 23.6 Å². The maximum absolute atomic E-state index is 15.5. The Morgan fingerprint density at radius 1 is 1.30 bits per heavy atom. The highest BCUT2D eigenvalue weighted by Gasteiger charge is 2.34. The van der Waals surface area contributed by atoms with E-state index in [1.807, 2.05) is 4.90 Å². The van der Waals surface area contributed by atoms with Crippen LogP contribution in [0.3, 0.4) is 0 Å². The summed E-state index contributed by atoms with van der Waals surface area (Å²) < 4.78 is 48.0. The van der Waals surface area contributed by atoms with Gasteiger partial charge < -0.3 is 14.7 Å². The molecule has 0 radical (unpaired) electrons. The molecule has 5 nitrogen and oxygen atoms in total. The second kappa shape index (κ2) is 12.4. The minimum atomic E-state index is -1.38. The minimum absolute atomic E-state index is 0.138. The van der Waals surface area contributed by atoms with E-state index in [4.69, 9.17) is 16.3 Å². The van der Waals surface area contributed by atoms with Crippen LogP contribution in [-0.4, -0.2) is 53.5 Å². The average Bonchev–Trinajstić information content (AvgIpc) is 2.89. The molecule has 1 aliphatic heterocycles. The smallest absolute Gasteiger partial charge is 0.308 e. The number of likely N-dealkylation sites (tertiary alicyclic amines) is 1. The van der Waals surface area contributed by atoms with Crippen molar-refractivity contribution in [3.63, 3.8) is 0 Å². The molecule has 1 N–H and O–H groups in total. The Morgan fingerprint density at radius 3 is 2.86 bits per heavy atom. The largest absolute Gasteiger partial charge is 0.497 e. The van der Waals surface area contributed by atoms with Gasteiger partial charge in [-0.2, -0.15) is 0 Å². The number of benzene rings is 2. The van der Waals surface area contributed by atoms with Gasteiger partial charge in [0.2, 0.25) is 0 Å². The van der Waals surface area contributed by atoms with Gasteiger partial charge in [0.25, 0.3) is 0 Å². The molecule has 3 aromatic rings. The van der Waals surface area contributed by atoms with Crippen molar-refractivity contribution in [1.82, 2.24) is 9.88 Å². The number of carboxylic acid groups (broad SMARTS) is 1. The van der Waals surface area contributed by atoms with Gasteiger partial charge >= 0.3 is 5.97 Å². The van der Waals surface area contributed by atoms with E-state index in [2.05, 4.69) is 4.98 Å². The minimum Gasteiger partial charge on any atom is -0.497 e. The number of thioether (sulfide) groups is 1. The Morgan fingerprint density at radius 2 is 2.11 bits per heavy atom. The van der Waals surface area contributed by atoms with Crippen LogP contribution < -0.4 is 4.74 Å². The van der Waals surface area contributed by atoms with Crippen molar-refractivity contribution in [2.45, 2.75) is 30.3 Å². The molecule has 2 unspecified atom stereocenters. The lowest BCUT2D eigenvalue weighted by Gasteiger charge is -2.36. The van der Waals surface area contributed by atoms with E-state index in [0.717, 1.165) is 18.2 Å². The van der Waals surface area contributed by atoms with E-state index >= 15 is 4.39 Å². The van der Waals surface area contributed by atoms with E-state index in [-0.39, 0.29) is 22.3 Å². The standard InChI is InChI=1S/C27H28ClF3N2O3S/c1-36-18-4-7-24-19(13-18)26(21(28)14-32-24)23(31)5-2-16-8-9-33(15-20(16)27(34)35)10-11-37-25-12-17(29)3-6-22(25)30/h3-4,6-7,12-14,16,20,23H,2,5,8-11,15H2,1H3,(H,34,35)/t16?,20?,23-/m1/s1. The van der Waals surface area contributed by atoms with Gasteiger partial charge in [-0.15, -0.1) is 11.8 Å². The van der Waals surface area contributed by atoms with E-state index in [1.165, 1.54) is 25.1 Å². The fraction of sp³-hybridized carbons (Fsp3) is 0.407. The normalized spacial score (nSPS) is 19.2. The molecule has 1 aromatic heterocycles. The predicted molar refractivity (Wildman–Crippen MR) is 139 cm³/mol. The molecule has 4 rings (SSSR count). The SMILES string of the molecule is COc1ccc2ncc(Cl)c([C@H](F)CCC3CCN(CCSc4cc(F)ccc4F)CC3C(=O)O)c2c1. The van der Waals surface area contributed by atoms with Crippen LogP contribution in [0.4, 0.5) is 13.2 Å². The van der Waals surface area contributed by atoms with Gasteiger partial charge in [-0.3, -0.25) is 9.78 Å². The summed E-state index contributed by atoms with van der Waals surface area (Å²) in [6, 6.07) is 8.54. The molecule has 198 valence electrons. The molecule has 0 bridgehead atoms. The molecule has 3 atom stereocenters. The van der Waals surface area contributed by atoms with Crippen LogP contribution >= 0.6 is 23.4 Å². The summed E-state index contributed by atoms with van der Waals surface area (Å²) in [6.07, 6.45) is 1.21. The van der Waals surface area contributed by atoms with Crippen molar-refractivity contribution >= 4 is 40.2 Å². The summed E-state index contributed by atoms with van der Waals surface area (Å²) in [7, 11) is 1.53. The summed E-state index contributed by atoms with van der Waals surface area (Å²) in [5.74, 6) is -1.63. The highest BCUT2D eigenvalue weighted by atomic mass is 35.5. The number of aliphatic carboxylic acids is 1. The molecule has 0 amide bonds. The number of methoxy groups -OCH3 is 1. The number of nitrogens with zero attached hydrogens (tertiary/aromatic N) is 2. The number of carbonyl (C=O) groups is 1. The first-order valence-corrected chi connectivity index (χ1v) is 13.4. The topological polar surface area (TPSA) is 62.7 Å². The number of piperidine rings is 1. The van der Waals surface area contributed by atoms with Crippen LogP contribution in [0.1, 0.15) is 31.0 Å². The van der Waals surface area contributed by atoms with E-state index in [0.29, 0.717) is 60.4 Å². The lowest BCUT2D eigenvalue weighted by atomic mass is 9.81. The zero-order valence-electron chi connectivity index (χ0n) is 20.3. The molecule has 0 spiro atoms. The Labute approximate surface area is 223 Å². The van der Waals surface area contributed by atoms with Crippen molar-refractivity contribution in [2.75, 3.05) is 32.5 Å². The molecular formula is C27H28ClF3N2O3S. The van der Waals surface area contributed by atoms with Crippen LogP contribution in [0, 0.1) is 23.5 Å². The van der Waals surface area contributed by atoms with Crippen LogP contribution in [0.25, 0.3) is 10.9 Å². The van der Waals surface area contributed by atoms with Gasteiger partial charge in [-0.25, -0.2) is 13.2 Å². The van der Waals surface area contributed by atoms with Crippen LogP contribution in [0.5, 0.6) is 5.75 Å². The molecule has 1 saturated heterocycles. The van der Waals surface area contributed by atoms with Gasteiger partial charge in [0.1, 0.15) is 23.6 Å². The Hall–Kier alpha value is -2.49. The summed E-state index contributed by atoms with van der Waals surface area (Å²) in [5.41, 5.74) is 0.951. The number of ether oxygens (including phenoxy) is 1. The summed E-state index contributed by atoms with van der Waals surface area (Å²) in [5, 5.41) is 10.7. The van der Waals surface area contributed by atoms with Crippen molar-refractivity contribution in [1.29, 1.82) is 0 Å². The zero-order chi connectivity index (χ0) is 26.5. The highest BCUT2D eigenvalue weighted by molar-refractivity contribution is 7.99. The van der Waals surface area contributed by atoms with Gasteiger partial charge in [0, 0.05) is 40.9 Å². The molecule has 37 heavy (non-hydrogen) atoms. The molecule has 10 heteroatoms. The third kappa shape index (κ3) is 6.69. The fourth-order valence-electron chi connectivity index (χ4n) is 4.89. The van der Waals surface area contributed by atoms with Crippen molar-refractivity contribution in [3.8, 4) is 5.75 Å². The van der Waals surface area contributed by atoms with E-state index in [9.17, 15) is 18.7 Å². The third-order valence-electron chi connectivity index (χ3n) is 6.89. The Kier molecular flexibility index (Phi) is 9.21. The number of rotatable bonds is 10. The quantitative estimate of drug-likeness (QED) is 0.280. The lowest BCUT2D eigenvalue weighted by molar-refractivity contribution is -0.146. The zero-order valence-corrected chi connectivity index (χ0v) is 21.9. The van der Waals surface area contributed by atoms with Gasteiger partial charge in [-0.1, -0.05) is 11.6 Å². The third-order valence-corrected chi connectivity index (χ3v) is 8.20. The molecular weight excluding hydrogens is 525 g/mol. The number of fused-ring (bicyclic) bond motifs is 1. The average molecular weight is 553 g/mol. The molecule has 1 fully saturated rings. The molecule has 2 aromatic carbocycles. The lowest BCUT2D eigenvalue weighted by Crippen LogP contribution is -2.44. The predicted octanol–water partition coefficient (Wildman–Crippen LogP) is 6.78. The summed E-state index contributed by atoms with van der Waals surface area (Å²) in [6.45, 7) is 1.54. The van der Waals surface area contributed by atoms with Crippen LogP contribution in [0.15, 0.2) is 47.5 Å². The van der Waals surface area contributed by atoms with Crippen molar-refractivity contribution < 1.29 is 27.8 Å². The van der Waals surface area contributed by atoms with Crippen molar-refractivity contribution in [2.24, 2.45) is 11.8 Å². The first-order chi connectivity index (χ1) is 17.8. The maximum atomic E-state index is 15.5. The van der Waals surface area contributed by atoms with E-state index in [1.54, 1.807) is 18.2 Å². The van der Waals surface area contributed by atoms with Crippen molar-refractivity contribution in [3.05, 3.63) is 64.8 Å². The number of hydrogen-bond donors (Lipinski definition) is 1. The number of aromatic nitrogens is 1. The van der Waals surface area contributed by atoms with Crippen LogP contribution in [0.2, 0.25) is 5.02 Å². The van der Waals surface area contributed by atoms with Gasteiger partial charge in [0.15, 0.2) is 0 Å². The Bertz CT molecular complexity index is 1270. The van der Waals surface area contributed by atoms with Crippen LogP contribution in [-0.2, 0) is 4.79 Å². The molecule has 0 saturated carbocycles. The highest BCUT2D eigenvalue weighted by Crippen LogP contribution is 2.38.